The quantitative estimate of drug-likeness (QED) is 0.455. The van der Waals surface area contributed by atoms with Crippen molar-refractivity contribution in [2.75, 3.05) is 13.7 Å². The van der Waals surface area contributed by atoms with Crippen LogP contribution in [0.15, 0.2) is 42.5 Å². The van der Waals surface area contributed by atoms with Crippen LogP contribution in [-0.4, -0.2) is 39.2 Å². The fourth-order valence-corrected chi connectivity index (χ4v) is 3.63. The van der Waals surface area contributed by atoms with Crippen molar-refractivity contribution in [2.45, 2.75) is 26.4 Å². The van der Waals surface area contributed by atoms with E-state index in [1.807, 2.05) is 47.9 Å². The van der Waals surface area contributed by atoms with E-state index < -0.39 is 0 Å². The fraction of sp³-hybridized carbons (Fsp3) is 0.286. The molecule has 3 aromatic rings. The minimum absolute atomic E-state index is 0.0354. The number of ether oxygens (including phenoxy) is 1. The van der Waals surface area contributed by atoms with Crippen LogP contribution in [0.2, 0.25) is 10.0 Å². The first-order valence-corrected chi connectivity index (χ1v) is 10.6. The van der Waals surface area contributed by atoms with E-state index >= 15 is 0 Å². The van der Waals surface area contributed by atoms with Gasteiger partial charge >= 0.3 is 0 Å². The molecule has 0 aliphatic rings. The zero-order valence-corrected chi connectivity index (χ0v) is 19.0. The number of hydrogen-bond acceptors (Lipinski definition) is 4. The van der Waals surface area contributed by atoms with Crippen LogP contribution in [0.3, 0.4) is 0 Å². The van der Waals surface area contributed by atoms with Crippen molar-refractivity contribution in [3.63, 3.8) is 0 Å². The summed E-state index contributed by atoms with van der Waals surface area (Å²) < 4.78 is 7.77. The molecule has 0 radical (unpaired) electrons. The van der Waals surface area contributed by atoms with Gasteiger partial charge < -0.3 is 9.64 Å². The second kappa shape index (κ2) is 10.1. The van der Waals surface area contributed by atoms with Gasteiger partial charge in [0.15, 0.2) is 10.6 Å². The lowest BCUT2D eigenvalue weighted by Crippen LogP contribution is -2.27. The van der Waals surface area contributed by atoms with E-state index in [2.05, 4.69) is 10.2 Å². The monoisotopic (exact) mass is 464 g/mol. The molecule has 0 bridgehead atoms. The summed E-state index contributed by atoms with van der Waals surface area (Å²) in [5.41, 5.74) is 1.69. The summed E-state index contributed by atoms with van der Waals surface area (Å²) in [6, 6.07) is 13.0. The third-order valence-corrected chi connectivity index (χ3v) is 5.77. The largest absolute Gasteiger partial charge is 0.494 e. The number of benzene rings is 2. The van der Waals surface area contributed by atoms with Gasteiger partial charge in [0.1, 0.15) is 5.75 Å². The lowest BCUT2D eigenvalue weighted by atomic mass is 10.2. The second-order valence-electron chi connectivity index (χ2n) is 6.67. The number of carbonyl (C=O) groups excluding carboxylic acids is 1. The third kappa shape index (κ3) is 5.22. The number of amides is 1. The molecule has 1 amide bonds. The molecule has 9 heteroatoms. The maximum atomic E-state index is 12.7. The van der Waals surface area contributed by atoms with Crippen molar-refractivity contribution >= 4 is 41.3 Å². The van der Waals surface area contributed by atoms with Gasteiger partial charge in [-0.05, 0) is 55.0 Å². The highest BCUT2D eigenvalue weighted by atomic mass is 35.5. The Kier molecular flexibility index (Phi) is 7.53. The van der Waals surface area contributed by atoms with E-state index in [0.717, 1.165) is 16.9 Å². The predicted octanol–water partition coefficient (Wildman–Crippen LogP) is 5.36. The van der Waals surface area contributed by atoms with E-state index in [9.17, 15) is 4.79 Å². The van der Waals surface area contributed by atoms with Gasteiger partial charge in [0, 0.05) is 32.1 Å². The first-order valence-electron chi connectivity index (χ1n) is 9.46. The van der Waals surface area contributed by atoms with Gasteiger partial charge in [0.2, 0.25) is 5.91 Å². The topological polar surface area (TPSA) is 63.1 Å². The van der Waals surface area contributed by atoms with Crippen LogP contribution in [0, 0.1) is 4.77 Å². The molecule has 0 unspecified atom stereocenters. The molecule has 6 nitrogen and oxygen atoms in total. The van der Waals surface area contributed by atoms with Gasteiger partial charge in [-0.15, -0.1) is 0 Å². The summed E-state index contributed by atoms with van der Waals surface area (Å²) in [6.07, 6.45) is 0.270. The van der Waals surface area contributed by atoms with Gasteiger partial charge in [-0.2, -0.15) is 5.10 Å². The summed E-state index contributed by atoms with van der Waals surface area (Å²) in [7, 11) is 1.74. The Hall–Kier alpha value is -2.35. The maximum Gasteiger partial charge on any atom is 0.224 e. The standard InChI is InChI=1S/C21H22Cl2N4O2S/c1-3-29-16-9-7-14(8-10-16)20-24-25-21(30)27(20)12-11-18(28)26(2)13-15-5-4-6-17(22)19(15)23/h4-10H,3,11-13H2,1-2H3,(H,25,30). The van der Waals surface area contributed by atoms with Gasteiger partial charge in [-0.1, -0.05) is 35.3 Å². The zero-order valence-electron chi connectivity index (χ0n) is 16.7. The number of aromatic nitrogens is 3. The summed E-state index contributed by atoms with van der Waals surface area (Å²) in [4.78, 5) is 14.3. The van der Waals surface area contributed by atoms with E-state index in [4.69, 9.17) is 40.2 Å². The van der Waals surface area contributed by atoms with Crippen LogP contribution in [-0.2, 0) is 17.9 Å². The van der Waals surface area contributed by atoms with Crippen LogP contribution in [0.5, 0.6) is 5.75 Å². The number of carbonyl (C=O) groups is 1. The molecule has 0 saturated carbocycles. The Morgan fingerprint density at radius 1 is 1.23 bits per heavy atom. The number of halogens is 2. The molecular weight excluding hydrogens is 443 g/mol. The van der Waals surface area contributed by atoms with Gasteiger partial charge in [-0.25, -0.2) is 0 Å². The number of H-pyrrole nitrogens is 1. The van der Waals surface area contributed by atoms with Gasteiger partial charge in [0.25, 0.3) is 0 Å². The molecule has 0 atom stereocenters. The van der Waals surface area contributed by atoms with Crippen molar-refractivity contribution in [3.8, 4) is 17.1 Å². The molecule has 3 rings (SSSR count). The summed E-state index contributed by atoms with van der Waals surface area (Å²) >= 11 is 17.6. The van der Waals surface area contributed by atoms with Crippen LogP contribution in [0.4, 0.5) is 0 Å². The smallest absolute Gasteiger partial charge is 0.224 e. The van der Waals surface area contributed by atoms with Crippen molar-refractivity contribution in [1.29, 1.82) is 0 Å². The highest BCUT2D eigenvalue weighted by Gasteiger charge is 2.15. The first-order chi connectivity index (χ1) is 14.4. The average molecular weight is 465 g/mol. The van der Waals surface area contributed by atoms with Crippen molar-refractivity contribution in [1.82, 2.24) is 19.7 Å². The molecule has 0 saturated heterocycles. The molecule has 0 aliphatic carbocycles. The predicted molar refractivity (Wildman–Crippen MR) is 122 cm³/mol. The van der Waals surface area contributed by atoms with E-state index in [1.54, 1.807) is 18.0 Å². The van der Waals surface area contributed by atoms with E-state index in [-0.39, 0.29) is 12.3 Å². The first kappa shape index (κ1) is 22.3. The van der Waals surface area contributed by atoms with Crippen molar-refractivity contribution < 1.29 is 9.53 Å². The van der Waals surface area contributed by atoms with E-state index in [1.165, 1.54) is 0 Å². The average Bonchev–Trinajstić information content (AvgIpc) is 3.10. The SMILES string of the molecule is CCOc1ccc(-c2n[nH]c(=S)n2CCC(=O)N(C)Cc2cccc(Cl)c2Cl)cc1. The van der Waals surface area contributed by atoms with Gasteiger partial charge in [0.05, 0.1) is 16.7 Å². The van der Waals surface area contributed by atoms with Crippen molar-refractivity contribution in [2.24, 2.45) is 0 Å². The minimum atomic E-state index is -0.0354. The summed E-state index contributed by atoms with van der Waals surface area (Å²) in [5.74, 6) is 1.43. The number of rotatable bonds is 8. The minimum Gasteiger partial charge on any atom is -0.494 e. The van der Waals surface area contributed by atoms with Crippen LogP contribution < -0.4 is 4.74 Å². The summed E-state index contributed by atoms with van der Waals surface area (Å²) in [5, 5.41) is 8.07. The second-order valence-corrected chi connectivity index (χ2v) is 7.85. The molecule has 1 N–H and O–H groups in total. The fourth-order valence-electron chi connectivity index (χ4n) is 3.02. The highest BCUT2D eigenvalue weighted by Crippen LogP contribution is 2.26. The number of hydrogen-bond donors (Lipinski definition) is 1. The Labute approximate surface area is 190 Å². The number of aromatic amines is 1. The van der Waals surface area contributed by atoms with Crippen LogP contribution in [0.1, 0.15) is 18.9 Å². The lowest BCUT2D eigenvalue weighted by Gasteiger charge is -2.19. The molecule has 0 spiro atoms. The Balaban J connectivity index is 1.68. The molecular formula is C21H22Cl2N4O2S. The Morgan fingerprint density at radius 2 is 1.97 bits per heavy atom. The molecule has 1 aromatic heterocycles. The summed E-state index contributed by atoms with van der Waals surface area (Å²) in [6.45, 7) is 3.33. The normalized spacial score (nSPS) is 10.8. The highest BCUT2D eigenvalue weighted by molar-refractivity contribution is 7.71. The maximum absolute atomic E-state index is 12.7. The Bertz CT molecular complexity index is 1080. The molecule has 0 fully saturated rings. The van der Waals surface area contributed by atoms with Crippen molar-refractivity contribution in [3.05, 3.63) is 62.8 Å². The molecule has 1 heterocycles. The third-order valence-electron chi connectivity index (χ3n) is 4.60. The molecule has 158 valence electrons. The number of nitrogens with one attached hydrogen (secondary N) is 1. The van der Waals surface area contributed by atoms with Crippen LogP contribution >= 0.6 is 35.4 Å². The lowest BCUT2D eigenvalue weighted by molar-refractivity contribution is -0.130. The van der Waals surface area contributed by atoms with E-state index in [0.29, 0.717) is 40.3 Å². The molecule has 0 aliphatic heterocycles. The Morgan fingerprint density at radius 3 is 2.67 bits per heavy atom. The van der Waals surface area contributed by atoms with Gasteiger partial charge in [-0.3, -0.25) is 14.5 Å². The zero-order chi connectivity index (χ0) is 21.7. The molecule has 2 aromatic carbocycles. The van der Waals surface area contributed by atoms with Crippen LogP contribution in [0.25, 0.3) is 11.4 Å². The number of nitrogens with zero attached hydrogens (tertiary/aromatic N) is 3. The molecule has 30 heavy (non-hydrogen) atoms.